The number of rotatable bonds is 13. The van der Waals surface area contributed by atoms with Gasteiger partial charge in [-0.15, -0.1) is 0 Å². The molecule has 37 heavy (non-hydrogen) atoms. The number of hydrogen-bond acceptors (Lipinski definition) is 8. The van der Waals surface area contributed by atoms with Crippen molar-refractivity contribution < 1.29 is 38.6 Å². The molecule has 0 saturated heterocycles. The summed E-state index contributed by atoms with van der Waals surface area (Å²) in [6.45, 7) is 5.66. The summed E-state index contributed by atoms with van der Waals surface area (Å²) in [4.78, 5) is 63.6. The van der Waals surface area contributed by atoms with Gasteiger partial charge in [-0.05, 0) is 44.7 Å². The number of ether oxygens (including phenoxy) is 2. The minimum absolute atomic E-state index is 0.166. The van der Waals surface area contributed by atoms with Crippen LogP contribution in [-0.4, -0.2) is 78.2 Å². The number of nitrogens with two attached hydrogens (primary N) is 1. The Morgan fingerprint density at radius 2 is 1.73 bits per heavy atom. The maximum atomic E-state index is 13.7. The van der Waals surface area contributed by atoms with Crippen molar-refractivity contribution in [1.82, 2.24) is 15.5 Å². The molecule has 12 heteroatoms. The van der Waals surface area contributed by atoms with E-state index in [9.17, 15) is 29.1 Å². The van der Waals surface area contributed by atoms with Crippen molar-refractivity contribution >= 4 is 29.8 Å². The maximum Gasteiger partial charge on any atom is 0.408 e. The number of hydrogen-bond donors (Lipinski definition) is 4. The van der Waals surface area contributed by atoms with Gasteiger partial charge in [-0.1, -0.05) is 31.2 Å². The zero-order valence-corrected chi connectivity index (χ0v) is 22.0. The molecule has 12 nitrogen and oxygen atoms in total. The quantitative estimate of drug-likeness (QED) is 0.271. The van der Waals surface area contributed by atoms with Gasteiger partial charge in [-0.25, -0.2) is 4.79 Å². The zero-order valence-electron chi connectivity index (χ0n) is 22.0. The Labute approximate surface area is 216 Å². The van der Waals surface area contributed by atoms with Crippen LogP contribution in [0.2, 0.25) is 0 Å². The Kier molecular flexibility index (Phi) is 12.5. The van der Waals surface area contributed by atoms with Gasteiger partial charge in [0.05, 0.1) is 13.7 Å². The molecular weight excluding hydrogens is 484 g/mol. The molecule has 0 aliphatic rings. The van der Waals surface area contributed by atoms with E-state index in [0.717, 1.165) is 16.9 Å². The second-order valence-corrected chi connectivity index (χ2v) is 9.25. The van der Waals surface area contributed by atoms with Gasteiger partial charge in [0.1, 0.15) is 24.2 Å². The van der Waals surface area contributed by atoms with E-state index in [1.54, 1.807) is 45.0 Å². The Bertz CT molecular complexity index is 943. The molecular formula is C25H38N4O8. The molecule has 0 radical (unpaired) electrons. The van der Waals surface area contributed by atoms with Crippen molar-refractivity contribution in [2.45, 2.75) is 64.6 Å². The van der Waals surface area contributed by atoms with Crippen LogP contribution in [0.5, 0.6) is 0 Å². The first-order valence-electron chi connectivity index (χ1n) is 11.9. The molecule has 4 amide bonds. The van der Waals surface area contributed by atoms with Gasteiger partial charge in [-0.3, -0.25) is 19.2 Å². The average Bonchev–Trinajstić information content (AvgIpc) is 2.83. The van der Waals surface area contributed by atoms with Crippen LogP contribution < -0.4 is 16.4 Å². The Balaban J connectivity index is 3.43. The summed E-state index contributed by atoms with van der Waals surface area (Å²) in [6, 6.07) is 4.35. The van der Waals surface area contributed by atoms with Gasteiger partial charge in [0.15, 0.2) is 0 Å². The molecule has 5 N–H and O–H groups in total. The lowest BCUT2D eigenvalue weighted by Crippen LogP contribution is -2.54. The van der Waals surface area contributed by atoms with E-state index >= 15 is 0 Å². The third-order valence-electron chi connectivity index (χ3n) is 5.19. The summed E-state index contributed by atoms with van der Waals surface area (Å²) in [5, 5.41) is 14.6. The van der Waals surface area contributed by atoms with E-state index in [0.29, 0.717) is 5.56 Å². The summed E-state index contributed by atoms with van der Waals surface area (Å²) >= 11 is 0. The highest BCUT2D eigenvalue weighted by Gasteiger charge is 2.36. The van der Waals surface area contributed by atoms with Crippen LogP contribution in [0.3, 0.4) is 0 Å². The third kappa shape index (κ3) is 10.9. The van der Waals surface area contributed by atoms with Gasteiger partial charge < -0.3 is 35.8 Å². The van der Waals surface area contributed by atoms with E-state index < -0.39 is 60.6 Å². The summed E-state index contributed by atoms with van der Waals surface area (Å²) in [5.41, 5.74) is 5.80. The highest BCUT2D eigenvalue weighted by atomic mass is 16.6. The molecule has 0 bridgehead atoms. The molecule has 0 fully saturated rings. The Hall–Kier alpha value is -3.67. The van der Waals surface area contributed by atoms with Crippen molar-refractivity contribution in [3.05, 3.63) is 35.4 Å². The molecule has 0 spiro atoms. The fraction of sp³-hybridized carbons (Fsp3) is 0.560. The van der Waals surface area contributed by atoms with Gasteiger partial charge in [-0.2, -0.15) is 0 Å². The van der Waals surface area contributed by atoms with Crippen LogP contribution in [0.4, 0.5) is 4.79 Å². The summed E-state index contributed by atoms with van der Waals surface area (Å²) in [7, 11) is 1.17. The van der Waals surface area contributed by atoms with Crippen LogP contribution in [0.1, 0.15) is 57.7 Å². The van der Waals surface area contributed by atoms with Crippen molar-refractivity contribution in [1.29, 1.82) is 0 Å². The van der Waals surface area contributed by atoms with Gasteiger partial charge in [0.25, 0.3) is 0 Å². The summed E-state index contributed by atoms with van der Waals surface area (Å²) in [6.07, 6.45) is -0.559. The van der Waals surface area contributed by atoms with Crippen LogP contribution in [0.25, 0.3) is 0 Å². The predicted octanol–water partition coefficient (Wildman–Crippen LogP) is 0.559. The van der Waals surface area contributed by atoms with E-state index in [1.165, 1.54) is 7.11 Å². The fourth-order valence-electron chi connectivity index (χ4n) is 3.40. The fourth-order valence-corrected chi connectivity index (χ4v) is 3.40. The highest BCUT2D eigenvalue weighted by molar-refractivity contribution is 5.93. The van der Waals surface area contributed by atoms with Crippen molar-refractivity contribution in [3.63, 3.8) is 0 Å². The standard InChI is InChI=1S/C25H38N4O8/c1-6-16-7-9-17(10-8-16)21(22(33)27-15-20(32)36-5)29(13-14-30)23(34)18(11-12-19(26)31)28-24(35)37-25(2,3)4/h7-10,18,21,30H,6,11-15H2,1-5H3,(H2,26,31)(H,27,33)(H,28,35). The van der Waals surface area contributed by atoms with Gasteiger partial charge in [0, 0.05) is 13.0 Å². The molecule has 0 aliphatic carbocycles. The van der Waals surface area contributed by atoms with Gasteiger partial charge in [0.2, 0.25) is 17.7 Å². The van der Waals surface area contributed by atoms with E-state index in [-0.39, 0.29) is 19.4 Å². The van der Waals surface area contributed by atoms with Crippen molar-refractivity contribution in [2.75, 3.05) is 26.8 Å². The molecule has 0 heterocycles. The zero-order chi connectivity index (χ0) is 28.2. The van der Waals surface area contributed by atoms with Crippen LogP contribution in [0, 0.1) is 0 Å². The van der Waals surface area contributed by atoms with Crippen molar-refractivity contribution in [2.24, 2.45) is 5.73 Å². The largest absolute Gasteiger partial charge is 0.468 e. The summed E-state index contributed by atoms with van der Waals surface area (Å²) in [5.74, 6) is -2.85. The minimum Gasteiger partial charge on any atom is -0.468 e. The van der Waals surface area contributed by atoms with Crippen LogP contribution in [-0.2, 0) is 35.1 Å². The lowest BCUT2D eigenvalue weighted by molar-refractivity contribution is -0.145. The molecule has 1 aromatic rings. The van der Waals surface area contributed by atoms with Crippen LogP contribution >= 0.6 is 0 Å². The third-order valence-corrected chi connectivity index (χ3v) is 5.19. The number of nitrogens with zero attached hydrogens (tertiary/aromatic N) is 1. The van der Waals surface area contributed by atoms with E-state index in [1.807, 2.05) is 6.92 Å². The predicted molar refractivity (Wildman–Crippen MR) is 134 cm³/mol. The molecule has 1 aromatic carbocycles. The number of carbonyl (C=O) groups is 5. The number of aliphatic hydroxyl groups is 1. The first-order valence-corrected chi connectivity index (χ1v) is 11.9. The molecule has 0 aliphatic heterocycles. The molecule has 2 unspecified atom stereocenters. The van der Waals surface area contributed by atoms with Crippen LogP contribution in [0.15, 0.2) is 24.3 Å². The topological polar surface area (TPSA) is 177 Å². The second kappa shape index (κ2) is 14.8. The molecule has 1 rings (SSSR count). The first kappa shape index (κ1) is 31.4. The highest BCUT2D eigenvalue weighted by Crippen LogP contribution is 2.24. The smallest absolute Gasteiger partial charge is 0.408 e. The number of amides is 4. The first-order chi connectivity index (χ1) is 17.3. The average molecular weight is 523 g/mol. The minimum atomic E-state index is -1.29. The lowest BCUT2D eigenvalue weighted by atomic mass is 9.99. The number of alkyl carbamates (subject to hydrolysis) is 1. The number of aryl methyl sites for hydroxylation is 1. The normalized spacial score (nSPS) is 12.6. The number of benzene rings is 1. The number of carbonyl (C=O) groups excluding carboxylic acids is 5. The monoisotopic (exact) mass is 522 g/mol. The Morgan fingerprint density at radius 3 is 2.22 bits per heavy atom. The summed E-state index contributed by atoms with van der Waals surface area (Å²) < 4.78 is 9.81. The number of methoxy groups -OCH3 is 1. The molecule has 206 valence electrons. The SMILES string of the molecule is CCc1ccc(C(C(=O)NCC(=O)OC)N(CCO)C(=O)C(CCC(N)=O)NC(=O)OC(C)(C)C)cc1. The Morgan fingerprint density at radius 1 is 1.11 bits per heavy atom. The molecule has 2 atom stereocenters. The lowest BCUT2D eigenvalue weighted by Gasteiger charge is -2.34. The van der Waals surface area contributed by atoms with E-state index in [2.05, 4.69) is 15.4 Å². The van der Waals surface area contributed by atoms with Crippen molar-refractivity contribution in [3.8, 4) is 0 Å². The number of aliphatic hydroxyl groups excluding tert-OH is 1. The van der Waals surface area contributed by atoms with E-state index in [4.69, 9.17) is 10.5 Å². The molecule has 0 aromatic heterocycles. The number of nitrogens with one attached hydrogen (secondary N) is 2. The number of esters is 1. The second-order valence-electron chi connectivity index (χ2n) is 9.25. The maximum absolute atomic E-state index is 13.7. The van der Waals surface area contributed by atoms with Gasteiger partial charge >= 0.3 is 12.1 Å². The number of primary amides is 1. The molecule has 0 saturated carbocycles.